The summed E-state index contributed by atoms with van der Waals surface area (Å²) in [5, 5.41) is 0. The van der Waals surface area contributed by atoms with Gasteiger partial charge in [-0.3, -0.25) is 9.78 Å². The van der Waals surface area contributed by atoms with E-state index in [2.05, 4.69) is 31.9 Å². The Morgan fingerprint density at radius 2 is 1.96 bits per heavy atom. The van der Waals surface area contributed by atoms with Crippen LogP contribution in [0.2, 0.25) is 0 Å². The van der Waals surface area contributed by atoms with Crippen LogP contribution >= 0.6 is 15.9 Å². The van der Waals surface area contributed by atoms with Gasteiger partial charge < -0.3 is 14.5 Å². The average Bonchev–Trinajstić information content (AvgIpc) is 2.62. The van der Waals surface area contributed by atoms with E-state index >= 15 is 0 Å². The Morgan fingerprint density at radius 3 is 2.67 bits per heavy atom. The molecule has 1 aliphatic heterocycles. The molecule has 2 heterocycles. The zero-order valence-electron chi connectivity index (χ0n) is 13.6. The zero-order chi connectivity index (χ0) is 16.9. The minimum atomic E-state index is 0.0334. The van der Waals surface area contributed by atoms with Crippen LogP contribution in [0.25, 0.3) is 0 Å². The molecule has 2 aromatic rings. The molecule has 0 saturated carbocycles. The van der Waals surface area contributed by atoms with Crippen LogP contribution in [0.1, 0.15) is 17.3 Å². The number of ether oxygens (including phenoxy) is 1. The highest BCUT2D eigenvalue weighted by Gasteiger charge is 2.24. The summed E-state index contributed by atoms with van der Waals surface area (Å²) in [5.74, 6) is 0.690. The van der Waals surface area contributed by atoms with Crippen molar-refractivity contribution in [3.8, 4) is 5.75 Å². The van der Waals surface area contributed by atoms with Gasteiger partial charge in [0.1, 0.15) is 5.75 Å². The van der Waals surface area contributed by atoms with E-state index in [1.165, 1.54) is 0 Å². The highest BCUT2D eigenvalue weighted by molar-refractivity contribution is 9.10. The monoisotopic (exact) mass is 389 g/mol. The smallest absolute Gasteiger partial charge is 0.257 e. The summed E-state index contributed by atoms with van der Waals surface area (Å²) in [6, 6.07) is 9.49. The number of aromatic nitrogens is 1. The highest BCUT2D eigenvalue weighted by Crippen LogP contribution is 2.23. The summed E-state index contributed by atoms with van der Waals surface area (Å²) in [7, 11) is 0. The van der Waals surface area contributed by atoms with Gasteiger partial charge in [0.2, 0.25) is 0 Å². The molecule has 1 aromatic carbocycles. The molecule has 126 valence electrons. The summed E-state index contributed by atoms with van der Waals surface area (Å²) in [6.07, 6.45) is 3.63. The first-order chi connectivity index (χ1) is 11.7. The molecule has 0 unspecified atom stereocenters. The number of pyridine rings is 1. The van der Waals surface area contributed by atoms with Crippen molar-refractivity contribution in [2.45, 2.75) is 6.92 Å². The number of nitrogens with zero attached hydrogens (tertiary/aromatic N) is 3. The van der Waals surface area contributed by atoms with Crippen molar-refractivity contribution in [1.29, 1.82) is 0 Å². The Balaban J connectivity index is 1.67. The number of carbonyl (C=O) groups excluding carboxylic acids is 1. The second-order valence-corrected chi connectivity index (χ2v) is 6.49. The summed E-state index contributed by atoms with van der Waals surface area (Å²) in [5.41, 5.74) is 1.71. The number of benzene rings is 1. The number of piperazine rings is 1. The molecule has 1 aliphatic rings. The highest BCUT2D eigenvalue weighted by atomic mass is 79.9. The molecule has 0 N–H and O–H groups in total. The number of hydrogen-bond acceptors (Lipinski definition) is 4. The van der Waals surface area contributed by atoms with Gasteiger partial charge in [0.05, 0.1) is 24.1 Å². The maximum absolute atomic E-state index is 12.8. The Bertz CT molecular complexity index is 715. The molecule has 0 radical (unpaired) electrons. The van der Waals surface area contributed by atoms with Gasteiger partial charge in [-0.25, -0.2) is 0 Å². The van der Waals surface area contributed by atoms with E-state index in [0.717, 1.165) is 23.2 Å². The van der Waals surface area contributed by atoms with E-state index in [4.69, 9.17) is 4.74 Å². The fourth-order valence-corrected chi connectivity index (χ4v) is 3.19. The number of hydrogen-bond donors (Lipinski definition) is 0. The maximum Gasteiger partial charge on any atom is 0.257 e. The van der Waals surface area contributed by atoms with E-state index in [-0.39, 0.29) is 5.91 Å². The van der Waals surface area contributed by atoms with Crippen LogP contribution in [0.3, 0.4) is 0 Å². The number of amides is 1. The quantitative estimate of drug-likeness (QED) is 0.805. The lowest BCUT2D eigenvalue weighted by Crippen LogP contribution is -2.48. The minimum Gasteiger partial charge on any atom is -0.493 e. The average molecular weight is 390 g/mol. The molecule has 24 heavy (non-hydrogen) atoms. The van der Waals surface area contributed by atoms with E-state index in [1.807, 2.05) is 42.3 Å². The van der Waals surface area contributed by atoms with Crippen LogP contribution in [0.15, 0.2) is 47.2 Å². The maximum atomic E-state index is 12.8. The molecule has 6 heteroatoms. The summed E-state index contributed by atoms with van der Waals surface area (Å²) in [6.45, 7) is 5.43. The first-order valence-corrected chi connectivity index (χ1v) is 8.85. The SMILES string of the molecule is CCOc1ccccc1C(=O)N1CCN(c2cncc(Br)c2)CC1. The second kappa shape index (κ2) is 7.66. The summed E-state index contributed by atoms with van der Waals surface area (Å²) in [4.78, 5) is 21.1. The first-order valence-electron chi connectivity index (χ1n) is 8.05. The predicted octanol–water partition coefficient (Wildman–Crippen LogP) is 3.21. The van der Waals surface area contributed by atoms with Gasteiger partial charge in [-0.1, -0.05) is 12.1 Å². The van der Waals surface area contributed by atoms with Crippen LogP contribution in [0, 0.1) is 0 Å². The van der Waals surface area contributed by atoms with Gasteiger partial charge >= 0.3 is 0 Å². The van der Waals surface area contributed by atoms with Gasteiger partial charge in [0.25, 0.3) is 5.91 Å². The molecule has 5 nitrogen and oxygen atoms in total. The standard InChI is InChI=1S/C18H20BrN3O2/c1-2-24-17-6-4-3-5-16(17)18(23)22-9-7-21(8-10-22)15-11-14(19)12-20-13-15/h3-6,11-13H,2,7-10H2,1H3. The van der Waals surface area contributed by atoms with Crippen LogP contribution in [0.5, 0.6) is 5.75 Å². The van der Waals surface area contributed by atoms with Crippen LogP contribution < -0.4 is 9.64 Å². The summed E-state index contributed by atoms with van der Waals surface area (Å²) < 4.78 is 6.54. The lowest BCUT2D eigenvalue weighted by Gasteiger charge is -2.36. The molecule has 3 rings (SSSR count). The molecule has 1 saturated heterocycles. The van der Waals surface area contributed by atoms with Crippen molar-refractivity contribution >= 4 is 27.5 Å². The molecular formula is C18H20BrN3O2. The van der Waals surface area contributed by atoms with E-state index in [0.29, 0.717) is 31.0 Å². The fraction of sp³-hybridized carbons (Fsp3) is 0.333. The molecular weight excluding hydrogens is 370 g/mol. The minimum absolute atomic E-state index is 0.0334. The van der Waals surface area contributed by atoms with Crippen molar-refractivity contribution in [3.05, 3.63) is 52.8 Å². The third kappa shape index (κ3) is 3.70. The van der Waals surface area contributed by atoms with Gasteiger partial charge in [0.15, 0.2) is 0 Å². The van der Waals surface area contributed by atoms with Gasteiger partial charge in [-0.2, -0.15) is 0 Å². The van der Waals surface area contributed by atoms with Gasteiger partial charge in [-0.15, -0.1) is 0 Å². The number of carbonyl (C=O) groups is 1. The van der Waals surface area contributed by atoms with Crippen molar-refractivity contribution < 1.29 is 9.53 Å². The molecule has 0 bridgehead atoms. The Labute approximate surface area is 150 Å². The number of anilines is 1. The van der Waals surface area contributed by atoms with E-state index in [9.17, 15) is 4.79 Å². The Hall–Kier alpha value is -2.08. The second-order valence-electron chi connectivity index (χ2n) is 5.57. The number of para-hydroxylation sites is 1. The fourth-order valence-electron chi connectivity index (χ4n) is 2.84. The molecule has 1 fully saturated rings. The molecule has 0 atom stereocenters. The lowest BCUT2D eigenvalue weighted by atomic mass is 10.1. The van der Waals surface area contributed by atoms with Gasteiger partial charge in [0, 0.05) is 36.8 Å². The number of halogens is 1. The van der Waals surface area contributed by atoms with E-state index in [1.54, 1.807) is 6.20 Å². The normalized spacial score (nSPS) is 14.6. The largest absolute Gasteiger partial charge is 0.493 e. The summed E-state index contributed by atoms with van der Waals surface area (Å²) >= 11 is 3.45. The van der Waals surface area contributed by atoms with Crippen molar-refractivity contribution in [3.63, 3.8) is 0 Å². The molecule has 1 aromatic heterocycles. The van der Waals surface area contributed by atoms with Gasteiger partial charge in [-0.05, 0) is 41.1 Å². The Kier molecular flexibility index (Phi) is 5.35. The van der Waals surface area contributed by atoms with Crippen LogP contribution in [-0.4, -0.2) is 48.6 Å². The topological polar surface area (TPSA) is 45.7 Å². The predicted molar refractivity (Wildman–Crippen MR) is 97.7 cm³/mol. The van der Waals surface area contributed by atoms with Crippen LogP contribution in [-0.2, 0) is 0 Å². The molecule has 1 amide bonds. The van der Waals surface area contributed by atoms with Crippen molar-refractivity contribution in [2.24, 2.45) is 0 Å². The van der Waals surface area contributed by atoms with Crippen molar-refractivity contribution in [2.75, 3.05) is 37.7 Å². The third-order valence-corrected chi connectivity index (χ3v) is 4.47. The third-order valence-electron chi connectivity index (χ3n) is 4.04. The zero-order valence-corrected chi connectivity index (χ0v) is 15.2. The lowest BCUT2D eigenvalue weighted by molar-refractivity contribution is 0.0742. The number of rotatable bonds is 4. The molecule has 0 aliphatic carbocycles. The van der Waals surface area contributed by atoms with Crippen LogP contribution in [0.4, 0.5) is 5.69 Å². The first kappa shape index (κ1) is 16.8. The Morgan fingerprint density at radius 1 is 1.21 bits per heavy atom. The molecule has 0 spiro atoms. The van der Waals surface area contributed by atoms with E-state index < -0.39 is 0 Å². The van der Waals surface area contributed by atoms with Crippen molar-refractivity contribution in [1.82, 2.24) is 9.88 Å².